The molecule has 2 atom stereocenters. The van der Waals surface area contributed by atoms with Crippen LogP contribution < -0.4 is 4.90 Å². The van der Waals surface area contributed by atoms with Crippen LogP contribution in [0.15, 0.2) is 72.8 Å². The minimum absolute atomic E-state index is 0.0833. The number of nitrogens with zero attached hydrogens (tertiary/aromatic N) is 1. The van der Waals surface area contributed by atoms with Crippen LogP contribution in [0.3, 0.4) is 0 Å². The first-order chi connectivity index (χ1) is 14.0. The number of aryl methyl sites for hydroxylation is 1. The fourth-order valence-corrected chi connectivity index (χ4v) is 4.53. The Kier molecular flexibility index (Phi) is 5.53. The molecule has 0 spiro atoms. The Morgan fingerprint density at radius 2 is 1.72 bits per heavy atom. The summed E-state index contributed by atoms with van der Waals surface area (Å²) in [7, 11) is 4.14. The lowest BCUT2D eigenvalue weighted by molar-refractivity contribution is -0.118. The number of rotatable bonds is 6. The molecule has 148 valence electrons. The largest absolute Gasteiger partial charge is 0.378 e. The van der Waals surface area contributed by atoms with Gasteiger partial charge in [0, 0.05) is 31.6 Å². The monoisotopic (exact) mass is 383 g/mol. The van der Waals surface area contributed by atoms with E-state index in [1.807, 2.05) is 18.2 Å². The summed E-state index contributed by atoms with van der Waals surface area (Å²) in [6.45, 7) is 1.72. The standard InChI is InChI=1S/C27H29NO/c1-19(29)26(17-20-7-5-4-6-8-20)23-10-9-22-13-16-25(27(22)18-23)21-11-14-24(15-12-21)28(2)3/h4-12,14-15,18,25-26H,13,16-17H2,1-3H3. The summed E-state index contributed by atoms with van der Waals surface area (Å²) in [4.78, 5) is 14.6. The molecule has 0 aromatic heterocycles. The SMILES string of the molecule is CC(=O)C(Cc1ccccc1)c1ccc2c(c1)C(c1ccc(N(C)C)cc1)CC2. The lowest BCUT2D eigenvalue weighted by atomic mass is 9.85. The molecule has 3 aromatic rings. The van der Waals surface area contributed by atoms with Crippen molar-refractivity contribution >= 4 is 11.5 Å². The lowest BCUT2D eigenvalue weighted by Crippen LogP contribution is -2.13. The maximum Gasteiger partial charge on any atom is 0.137 e. The first-order valence-corrected chi connectivity index (χ1v) is 10.5. The molecule has 0 amide bonds. The zero-order valence-electron chi connectivity index (χ0n) is 17.6. The van der Waals surface area contributed by atoms with Gasteiger partial charge >= 0.3 is 0 Å². The molecular weight excluding hydrogens is 354 g/mol. The zero-order chi connectivity index (χ0) is 20.4. The van der Waals surface area contributed by atoms with Crippen LogP contribution in [0.4, 0.5) is 5.69 Å². The van der Waals surface area contributed by atoms with Crippen molar-refractivity contribution in [2.24, 2.45) is 0 Å². The molecule has 29 heavy (non-hydrogen) atoms. The van der Waals surface area contributed by atoms with Crippen molar-refractivity contribution in [2.75, 3.05) is 19.0 Å². The topological polar surface area (TPSA) is 20.3 Å². The highest BCUT2D eigenvalue weighted by Gasteiger charge is 2.26. The number of ketones is 1. The van der Waals surface area contributed by atoms with Gasteiger partial charge in [-0.2, -0.15) is 0 Å². The van der Waals surface area contributed by atoms with E-state index in [1.165, 1.54) is 27.9 Å². The fraction of sp³-hybridized carbons (Fsp3) is 0.296. The molecule has 3 aromatic carbocycles. The minimum Gasteiger partial charge on any atom is -0.378 e. The molecule has 1 aliphatic rings. The molecule has 2 nitrogen and oxygen atoms in total. The highest BCUT2D eigenvalue weighted by Crippen LogP contribution is 2.40. The Morgan fingerprint density at radius 1 is 1.00 bits per heavy atom. The highest BCUT2D eigenvalue weighted by molar-refractivity contribution is 5.84. The Morgan fingerprint density at radius 3 is 2.38 bits per heavy atom. The Hall–Kier alpha value is -2.87. The molecule has 4 rings (SSSR count). The molecule has 0 heterocycles. The smallest absolute Gasteiger partial charge is 0.137 e. The molecule has 0 bridgehead atoms. The molecule has 0 saturated heterocycles. The van der Waals surface area contributed by atoms with Gasteiger partial charge in [-0.1, -0.05) is 60.7 Å². The Labute approximate surface area is 174 Å². The third kappa shape index (κ3) is 4.12. The first kappa shape index (κ1) is 19.4. The van der Waals surface area contributed by atoms with Crippen molar-refractivity contribution in [3.05, 3.63) is 101 Å². The molecular formula is C27H29NO. The summed E-state index contributed by atoms with van der Waals surface area (Å²) in [5.74, 6) is 0.573. The molecule has 0 fully saturated rings. The van der Waals surface area contributed by atoms with Gasteiger partial charge in [0.05, 0.1) is 0 Å². The van der Waals surface area contributed by atoms with Crippen LogP contribution in [-0.4, -0.2) is 19.9 Å². The number of carbonyl (C=O) groups excluding carboxylic acids is 1. The summed E-state index contributed by atoms with van der Waals surface area (Å²) in [5.41, 5.74) is 7.78. The maximum absolute atomic E-state index is 12.5. The number of anilines is 1. The van der Waals surface area contributed by atoms with Gasteiger partial charge in [0.25, 0.3) is 0 Å². The van der Waals surface area contributed by atoms with Gasteiger partial charge in [-0.25, -0.2) is 0 Å². The fourth-order valence-electron chi connectivity index (χ4n) is 4.53. The van der Waals surface area contributed by atoms with E-state index < -0.39 is 0 Å². The molecule has 0 N–H and O–H groups in total. The van der Waals surface area contributed by atoms with Gasteiger partial charge in [0.1, 0.15) is 5.78 Å². The Bertz CT molecular complexity index is 989. The number of carbonyl (C=O) groups is 1. The van der Waals surface area contributed by atoms with Gasteiger partial charge in [-0.15, -0.1) is 0 Å². The van der Waals surface area contributed by atoms with Crippen LogP contribution >= 0.6 is 0 Å². The predicted octanol–water partition coefficient (Wildman–Crippen LogP) is 5.75. The number of fused-ring (bicyclic) bond motifs is 1. The molecule has 1 aliphatic carbocycles. The van der Waals surface area contributed by atoms with Gasteiger partial charge in [-0.05, 0) is 66.1 Å². The summed E-state index contributed by atoms with van der Waals surface area (Å²) in [6, 6.07) is 26.0. The van der Waals surface area contributed by atoms with Crippen molar-refractivity contribution in [3.8, 4) is 0 Å². The quantitative estimate of drug-likeness (QED) is 0.540. The van der Waals surface area contributed by atoms with Crippen LogP contribution in [-0.2, 0) is 17.6 Å². The lowest BCUT2D eigenvalue weighted by Gasteiger charge is -2.19. The number of benzene rings is 3. The normalized spacial score (nSPS) is 16.3. The van der Waals surface area contributed by atoms with Crippen LogP contribution in [0.25, 0.3) is 0 Å². The number of Topliss-reactive ketones (excluding diaryl/α,β-unsaturated/α-hetero) is 1. The van der Waals surface area contributed by atoms with E-state index in [9.17, 15) is 4.79 Å². The second-order valence-electron chi connectivity index (χ2n) is 8.39. The van der Waals surface area contributed by atoms with E-state index in [-0.39, 0.29) is 11.7 Å². The minimum atomic E-state index is -0.0833. The van der Waals surface area contributed by atoms with E-state index in [0.717, 1.165) is 24.8 Å². The summed E-state index contributed by atoms with van der Waals surface area (Å²) in [6.07, 6.45) is 3.01. The highest BCUT2D eigenvalue weighted by atomic mass is 16.1. The van der Waals surface area contributed by atoms with Crippen LogP contribution in [0, 0.1) is 0 Å². The van der Waals surface area contributed by atoms with Crippen molar-refractivity contribution in [2.45, 2.75) is 38.0 Å². The second-order valence-corrected chi connectivity index (χ2v) is 8.39. The van der Waals surface area contributed by atoms with E-state index in [0.29, 0.717) is 5.92 Å². The van der Waals surface area contributed by atoms with E-state index in [2.05, 4.69) is 73.6 Å². The molecule has 0 radical (unpaired) electrons. The maximum atomic E-state index is 12.5. The van der Waals surface area contributed by atoms with Crippen molar-refractivity contribution in [3.63, 3.8) is 0 Å². The van der Waals surface area contributed by atoms with Gasteiger partial charge in [0.2, 0.25) is 0 Å². The van der Waals surface area contributed by atoms with E-state index in [4.69, 9.17) is 0 Å². The third-order valence-electron chi connectivity index (χ3n) is 6.24. The van der Waals surface area contributed by atoms with Gasteiger partial charge in [0.15, 0.2) is 0 Å². The van der Waals surface area contributed by atoms with Crippen LogP contribution in [0.1, 0.15) is 53.0 Å². The summed E-state index contributed by atoms with van der Waals surface area (Å²) >= 11 is 0. The van der Waals surface area contributed by atoms with Gasteiger partial charge < -0.3 is 4.90 Å². The average molecular weight is 384 g/mol. The second kappa shape index (κ2) is 8.24. The third-order valence-corrected chi connectivity index (χ3v) is 6.24. The van der Waals surface area contributed by atoms with Crippen molar-refractivity contribution in [1.82, 2.24) is 0 Å². The zero-order valence-corrected chi connectivity index (χ0v) is 17.6. The van der Waals surface area contributed by atoms with Crippen LogP contribution in [0.5, 0.6) is 0 Å². The number of hydrogen-bond donors (Lipinski definition) is 0. The molecule has 0 aliphatic heterocycles. The molecule has 0 saturated carbocycles. The first-order valence-electron chi connectivity index (χ1n) is 10.5. The van der Waals surface area contributed by atoms with E-state index in [1.54, 1.807) is 6.92 Å². The molecule has 2 heteroatoms. The predicted molar refractivity (Wildman–Crippen MR) is 121 cm³/mol. The molecule has 2 unspecified atom stereocenters. The van der Waals surface area contributed by atoms with Crippen LogP contribution in [0.2, 0.25) is 0 Å². The summed E-state index contributed by atoms with van der Waals surface area (Å²) in [5, 5.41) is 0. The van der Waals surface area contributed by atoms with Crippen molar-refractivity contribution < 1.29 is 4.79 Å². The van der Waals surface area contributed by atoms with Gasteiger partial charge in [-0.3, -0.25) is 4.79 Å². The summed E-state index contributed by atoms with van der Waals surface area (Å²) < 4.78 is 0. The average Bonchev–Trinajstić information content (AvgIpc) is 3.16. The van der Waals surface area contributed by atoms with Crippen molar-refractivity contribution in [1.29, 1.82) is 0 Å². The number of hydrogen-bond acceptors (Lipinski definition) is 2. The Balaban J connectivity index is 1.64. The van der Waals surface area contributed by atoms with E-state index >= 15 is 0 Å².